The third kappa shape index (κ3) is 3.43. The summed E-state index contributed by atoms with van der Waals surface area (Å²) in [5.74, 6) is -0.971. The molecule has 0 saturated heterocycles. The summed E-state index contributed by atoms with van der Waals surface area (Å²) in [4.78, 5) is 13.4. The zero-order valence-electron chi connectivity index (χ0n) is 10.9. The maximum absolute atomic E-state index is 13.8. The van der Waals surface area contributed by atoms with E-state index in [4.69, 9.17) is 10.8 Å². The van der Waals surface area contributed by atoms with Crippen LogP contribution < -0.4 is 5.73 Å². The van der Waals surface area contributed by atoms with E-state index in [2.05, 4.69) is 0 Å². The number of carbonyl (C=O) groups excluding carboxylic acids is 1. The third-order valence-corrected chi connectivity index (χ3v) is 2.74. The predicted octanol–water partition coefficient (Wildman–Crippen LogP) is 1.56. The molecule has 0 aromatic heterocycles. The van der Waals surface area contributed by atoms with Crippen molar-refractivity contribution in [1.29, 1.82) is 0 Å². The number of amides is 1. The van der Waals surface area contributed by atoms with Gasteiger partial charge in [0.25, 0.3) is 5.91 Å². The molecule has 0 bridgehead atoms. The minimum Gasteiger partial charge on any atom is -0.399 e. The molecule has 3 N–H and O–H groups in total. The SMILES string of the molecule is Cc1cc(N)cc(C(=O)N(C)CCC(C)O)c1F. The fourth-order valence-electron chi connectivity index (χ4n) is 1.64. The Morgan fingerprint density at radius 2 is 2.17 bits per heavy atom. The quantitative estimate of drug-likeness (QED) is 0.801. The Labute approximate surface area is 106 Å². The van der Waals surface area contributed by atoms with E-state index in [9.17, 15) is 9.18 Å². The van der Waals surface area contributed by atoms with Crippen molar-refractivity contribution >= 4 is 11.6 Å². The number of hydrogen-bond acceptors (Lipinski definition) is 3. The van der Waals surface area contributed by atoms with Gasteiger partial charge in [0, 0.05) is 19.3 Å². The highest BCUT2D eigenvalue weighted by atomic mass is 19.1. The van der Waals surface area contributed by atoms with Gasteiger partial charge in [-0.2, -0.15) is 0 Å². The molecule has 0 fully saturated rings. The van der Waals surface area contributed by atoms with Gasteiger partial charge in [-0.15, -0.1) is 0 Å². The van der Waals surface area contributed by atoms with Crippen LogP contribution in [0.3, 0.4) is 0 Å². The van der Waals surface area contributed by atoms with E-state index in [1.807, 2.05) is 0 Å². The molecule has 5 heteroatoms. The molecule has 0 saturated carbocycles. The summed E-state index contributed by atoms with van der Waals surface area (Å²) >= 11 is 0. The second kappa shape index (κ2) is 5.82. The van der Waals surface area contributed by atoms with Crippen molar-refractivity contribution in [2.45, 2.75) is 26.4 Å². The van der Waals surface area contributed by atoms with E-state index in [0.29, 0.717) is 24.2 Å². The highest BCUT2D eigenvalue weighted by molar-refractivity contribution is 5.95. The number of aryl methyl sites for hydroxylation is 1. The summed E-state index contributed by atoms with van der Waals surface area (Å²) in [6.45, 7) is 3.58. The molecule has 18 heavy (non-hydrogen) atoms. The van der Waals surface area contributed by atoms with Crippen molar-refractivity contribution in [3.8, 4) is 0 Å². The van der Waals surface area contributed by atoms with Gasteiger partial charge < -0.3 is 15.7 Å². The van der Waals surface area contributed by atoms with Gasteiger partial charge in [-0.1, -0.05) is 0 Å². The Morgan fingerprint density at radius 1 is 1.56 bits per heavy atom. The normalized spacial score (nSPS) is 12.3. The van der Waals surface area contributed by atoms with Crippen LogP contribution in [0.5, 0.6) is 0 Å². The van der Waals surface area contributed by atoms with Gasteiger partial charge in [0.2, 0.25) is 0 Å². The zero-order chi connectivity index (χ0) is 13.9. The van der Waals surface area contributed by atoms with Gasteiger partial charge in [0.15, 0.2) is 0 Å². The monoisotopic (exact) mass is 254 g/mol. The maximum Gasteiger partial charge on any atom is 0.256 e. The molecule has 0 spiro atoms. The van der Waals surface area contributed by atoms with E-state index in [-0.39, 0.29) is 5.56 Å². The Balaban J connectivity index is 2.90. The first-order valence-electron chi connectivity index (χ1n) is 5.82. The molecule has 1 aromatic rings. The van der Waals surface area contributed by atoms with Gasteiger partial charge in [-0.05, 0) is 38.0 Å². The number of nitrogen functional groups attached to an aromatic ring is 1. The van der Waals surface area contributed by atoms with E-state index in [0.717, 1.165) is 0 Å². The number of nitrogens with two attached hydrogens (primary N) is 1. The van der Waals surface area contributed by atoms with Crippen LogP contribution in [0.25, 0.3) is 0 Å². The van der Waals surface area contributed by atoms with Crippen LogP contribution >= 0.6 is 0 Å². The third-order valence-electron chi connectivity index (χ3n) is 2.74. The number of rotatable bonds is 4. The molecule has 100 valence electrons. The first kappa shape index (κ1) is 14.4. The Hall–Kier alpha value is -1.62. The van der Waals surface area contributed by atoms with E-state index in [1.54, 1.807) is 20.9 Å². The van der Waals surface area contributed by atoms with Gasteiger partial charge in [-0.25, -0.2) is 4.39 Å². The summed E-state index contributed by atoms with van der Waals surface area (Å²) in [5.41, 5.74) is 6.30. The van der Waals surface area contributed by atoms with E-state index >= 15 is 0 Å². The smallest absolute Gasteiger partial charge is 0.256 e. The maximum atomic E-state index is 13.8. The number of nitrogens with zero attached hydrogens (tertiary/aromatic N) is 1. The van der Waals surface area contributed by atoms with Crippen LogP contribution in [0.15, 0.2) is 12.1 Å². The molecule has 0 aliphatic heterocycles. The van der Waals surface area contributed by atoms with E-state index in [1.165, 1.54) is 17.0 Å². The fraction of sp³-hybridized carbons (Fsp3) is 0.462. The first-order chi connectivity index (χ1) is 8.32. The number of aliphatic hydroxyl groups excluding tert-OH is 1. The van der Waals surface area contributed by atoms with Gasteiger partial charge >= 0.3 is 0 Å². The number of hydrogen-bond donors (Lipinski definition) is 2. The number of benzene rings is 1. The summed E-state index contributed by atoms with van der Waals surface area (Å²) in [6, 6.07) is 2.82. The largest absolute Gasteiger partial charge is 0.399 e. The summed E-state index contributed by atoms with van der Waals surface area (Å²) < 4.78 is 13.8. The lowest BCUT2D eigenvalue weighted by molar-refractivity contribution is 0.0764. The standard InChI is InChI=1S/C13H19FN2O2/c1-8-6-10(15)7-11(12(8)14)13(18)16(3)5-4-9(2)17/h6-7,9,17H,4-5,15H2,1-3H3. The molecule has 1 atom stereocenters. The lowest BCUT2D eigenvalue weighted by Gasteiger charge is -2.19. The fourth-order valence-corrected chi connectivity index (χ4v) is 1.64. The minimum absolute atomic E-state index is 0.0272. The van der Waals surface area contributed by atoms with E-state index < -0.39 is 17.8 Å². The van der Waals surface area contributed by atoms with Crippen LogP contribution in [-0.2, 0) is 0 Å². The Bertz CT molecular complexity index is 447. The molecule has 0 heterocycles. The van der Waals surface area contributed by atoms with Gasteiger partial charge in [0.1, 0.15) is 5.82 Å². The average molecular weight is 254 g/mol. The van der Waals surface area contributed by atoms with Crippen LogP contribution in [0.1, 0.15) is 29.3 Å². The number of halogens is 1. The summed E-state index contributed by atoms with van der Waals surface area (Å²) in [6.07, 6.45) is -0.0433. The second-order valence-corrected chi connectivity index (χ2v) is 4.56. The topological polar surface area (TPSA) is 66.6 Å². The van der Waals surface area contributed by atoms with Crippen molar-refractivity contribution in [2.24, 2.45) is 0 Å². The molecule has 1 unspecified atom stereocenters. The highest BCUT2D eigenvalue weighted by Gasteiger charge is 2.18. The van der Waals surface area contributed by atoms with Crippen LogP contribution in [0.2, 0.25) is 0 Å². The Morgan fingerprint density at radius 3 is 2.72 bits per heavy atom. The molecular weight excluding hydrogens is 235 g/mol. The highest BCUT2D eigenvalue weighted by Crippen LogP contribution is 2.18. The molecule has 0 aliphatic rings. The van der Waals surface area contributed by atoms with Crippen molar-refractivity contribution in [1.82, 2.24) is 4.90 Å². The lowest BCUT2D eigenvalue weighted by atomic mass is 10.1. The first-order valence-corrected chi connectivity index (χ1v) is 5.82. The molecule has 0 aliphatic carbocycles. The van der Waals surface area contributed by atoms with Gasteiger partial charge in [-0.3, -0.25) is 4.79 Å². The number of anilines is 1. The zero-order valence-corrected chi connectivity index (χ0v) is 10.9. The molecule has 4 nitrogen and oxygen atoms in total. The minimum atomic E-state index is -0.543. The van der Waals surface area contributed by atoms with Crippen molar-refractivity contribution in [2.75, 3.05) is 19.3 Å². The molecule has 0 radical (unpaired) electrons. The molecular formula is C13H19FN2O2. The van der Waals surface area contributed by atoms with Crippen molar-refractivity contribution in [3.05, 3.63) is 29.1 Å². The number of aliphatic hydroxyl groups is 1. The Kier molecular flexibility index (Phi) is 4.67. The molecule has 1 amide bonds. The number of carbonyl (C=O) groups is 1. The van der Waals surface area contributed by atoms with Crippen molar-refractivity contribution < 1.29 is 14.3 Å². The summed E-state index contributed by atoms with van der Waals surface area (Å²) in [5, 5.41) is 9.16. The average Bonchev–Trinajstić information content (AvgIpc) is 2.29. The second-order valence-electron chi connectivity index (χ2n) is 4.56. The van der Waals surface area contributed by atoms with Crippen LogP contribution in [0.4, 0.5) is 10.1 Å². The van der Waals surface area contributed by atoms with Crippen molar-refractivity contribution in [3.63, 3.8) is 0 Å². The summed E-state index contributed by atoms with van der Waals surface area (Å²) in [7, 11) is 1.57. The predicted molar refractivity (Wildman–Crippen MR) is 68.8 cm³/mol. The van der Waals surface area contributed by atoms with Crippen LogP contribution in [-0.4, -0.2) is 35.6 Å². The van der Waals surface area contributed by atoms with Gasteiger partial charge in [0.05, 0.1) is 11.7 Å². The molecule has 1 rings (SSSR count). The molecule has 1 aromatic carbocycles. The van der Waals surface area contributed by atoms with Crippen LogP contribution in [0, 0.1) is 12.7 Å². The lowest BCUT2D eigenvalue weighted by Crippen LogP contribution is -2.30.